The maximum atomic E-state index is 10.8. The lowest BCUT2D eigenvalue weighted by Crippen LogP contribution is -2.47. The highest BCUT2D eigenvalue weighted by Gasteiger charge is 2.40. The van der Waals surface area contributed by atoms with Gasteiger partial charge in [-0.15, -0.1) is 0 Å². The molecule has 33 heavy (non-hydrogen) atoms. The molecule has 2 atom stereocenters. The quantitative estimate of drug-likeness (QED) is 0.452. The van der Waals surface area contributed by atoms with E-state index >= 15 is 0 Å². The average molecular weight is 446 g/mol. The monoisotopic (exact) mass is 445 g/mol. The molecule has 2 fully saturated rings. The smallest absolute Gasteiger partial charge is 0.212 e. The molecule has 1 amide bonds. The first-order chi connectivity index (χ1) is 16.1. The number of aromatic nitrogens is 4. The summed E-state index contributed by atoms with van der Waals surface area (Å²) in [6.45, 7) is 0.869. The van der Waals surface area contributed by atoms with Gasteiger partial charge in [0.2, 0.25) is 6.41 Å². The van der Waals surface area contributed by atoms with Gasteiger partial charge < -0.3 is 16.0 Å². The Morgan fingerprint density at radius 2 is 2.06 bits per heavy atom. The summed E-state index contributed by atoms with van der Waals surface area (Å²) >= 11 is 0. The van der Waals surface area contributed by atoms with Gasteiger partial charge in [0.25, 0.3) is 0 Å². The number of carbonyl (C=O) groups excluding carboxylic acids is 1. The zero-order valence-corrected chi connectivity index (χ0v) is 18.5. The predicted molar refractivity (Wildman–Crippen MR) is 126 cm³/mol. The average Bonchev–Trinajstić information content (AvgIpc) is 3.26. The Balaban J connectivity index is 1.38. The molecule has 2 unspecified atom stereocenters. The Hall–Kier alpha value is -3.71. The van der Waals surface area contributed by atoms with Crippen molar-refractivity contribution in [3.63, 3.8) is 0 Å². The summed E-state index contributed by atoms with van der Waals surface area (Å²) in [5, 5.41) is 23.9. The fourth-order valence-corrected chi connectivity index (χ4v) is 5.23. The molecule has 2 bridgehead atoms. The molecule has 5 heterocycles. The van der Waals surface area contributed by atoms with Gasteiger partial charge in [0.15, 0.2) is 5.82 Å². The van der Waals surface area contributed by atoms with E-state index < -0.39 is 0 Å². The lowest BCUT2D eigenvalue weighted by molar-refractivity contribution is -0.105. The second-order valence-corrected chi connectivity index (χ2v) is 8.70. The first-order valence-corrected chi connectivity index (χ1v) is 11.3. The van der Waals surface area contributed by atoms with Crippen LogP contribution in [-0.4, -0.2) is 55.7 Å². The lowest BCUT2D eigenvalue weighted by atomic mass is 9.97. The van der Waals surface area contributed by atoms with Crippen LogP contribution in [0.2, 0.25) is 0 Å². The third-order valence-corrected chi connectivity index (χ3v) is 6.65. The highest BCUT2D eigenvalue weighted by molar-refractivity contribution is 5.91. The molecule has 0 aliphatic carbocycles. The van der Waals surface area contributed by atoms with Crippen LogP contribution in [0.4, 0.5) is 23.3 Å². The second kappa shape index (κ2) is 9.03. The number of pyridine rings is 2. The van der Waals surface area contributed by atoms with Gasteiger partial charge in [-0.05, 0) is 37.8 Å². The largest absolute Gasteiger partial charge is 0.367 e. The summed E-state index contributed by atoms with van der Waals surface area (Å²) in [6.07, 6.45) is 7.48. The van der Waals surface area contributed by atoms with Crippen molar-refractivity contribution in [1.82, 2.24) is 24.6 Å². The number of nitrogens with zero attached hydrogens (tertiary/aromatic N) is 6. The number of hydrogen-bond acceptors (Lipinski definition) is 8. The molecule has 3 aromatic heterocycles. The molecule has 5 rings (SSSR count). The van der Waals surface area contributed by atoms with Gasteiger partial charge in [-0.1, -0.05) is 0 Å². The van der Waals surface area contributed by atoms with Crippen molar-refractivity contribution in [1.29, 1.82) is 5.26 Å². The van der Waals surface area contributed by atoms with Crippen molar-refractivity contribution in [2.45, 2.75) is 50.2 Å². The molecule has 2 aliphatic rings. The second-order valence-electron chi connectivity index (χ2n) is 8.70. The molecular formula is C23H27N9O. The van der Waals surface area contributed by atoms with E-state index in [-0.39, 0.29) is 0 Å². The van der Waals surface area contributed by atoms with Crippen molar-refractivity contribution in [3.8, 4) is 6.07 Å². The van der Waals surface area contributed by atoms with E-state index in [0.29, 0.717) is 48.4 Å². The van der Waals surface area contributed by atoms with Gasteiger partial charge in [-0.25, -0.2) is 4.98 Å². The molecule has 10 heteroatoms. The van der Waals surface area contributed by atoms with Crippen molar-refractivity contribution < 1.29 is 4.79 Å². The van der Waals surface area contributed by atoms with E-state index in [1.54, 1.807) is 24.0 Å². The molecule has 0 spiro atoms. The van der Waals surface area contributed by atoms with E-state index in [4.69, 9.17) is 10.2 Å². The standard InChI is InChI=1S/C23H27N9O/c1-31-22(26-14-33)13-21(30-31)28-20-12-19-18(4-2-8-25-19)23(29-20)27-15-10-16-5-6-17(11-15)32(16)9-3-7-24/h2,4,8,12-17H,3,5-6,9-11H2,1H3,(H,26,33)(H2,27,28,29,30). The molecule has 0 aromatic carbocycles. The van der Waals surface area contributed by atoms with Crippen LogP contribution >= 0.6 is 0 Å². The Morgan fingerprint density at radius 3 is 2.82 bits per heavy atom. The summed E-state index contributed by atoms with van der Waals surface area (Å²) in [4.78, 5) is 22.7. The number of fused-ring (bicyclic) bond motifs is 3. The topological polar surface area (TPSA) is 124 Å². The van der Waals surface area contributed by atoms with E-state index in [1.165, 1.54) is 12.8 Å². The molecule has 0 saturated carbocycles. The van der Waals surface area contributed by atoms with Gasteiger partial charge >= 0.3 is 0 Å². The van der Waals surface area contributed by atoms with Crippen LogP contribution in [0.1, 0.15) is 32.1 Å². The van der Waals surface area contributed by atoms with Crippen molar-refractivity contribution >= 4 is 40.6 Å². The Labute approximate surface area is 192 Å². The molecule has 3 aromatic rings. The highest BCUT2D eigenvalue weighted by Crippen LogP contribution is 2.37. The highest BCUT2D eigenvalue weighted by atomic mass is 16.1. The number of anilines is 4. The van der Waals surface area contributed by atoms with Crippen LogP contribution in [0.25, 0.3) is 10.9 Å². The van der Waals surface area contributed by atoms with Crippen molar-refractivity contribution in [3.05, 3.63) is 30.5 Å². The van der Waals surface area contributed by atoms with Crippen LogP contribution in [0.3, 0.4) is 0 Å². The fraction of sp³-hybridized carbons (Fsp3) is 0.435. The van der Waals surface area contributed by atoms with E-state index in [1.807, 2.05) is 18.2 Å². The number of amides is 1. The third-order valence-electron chi connectivity index (χ3n) is 6.65. The Morgan fingerprint density at radius 1 is 1.24 bits per heavy atom. The van der Waals surface area contributed by atoms with Gasteiger partial charge in [-0.2, -0.15) is 10.4 Å². The van der Waals surface area contributed by atoms with Gasteiger partial charge in [0.1, 0.15) is 17.5 Å². The fourth-order valence-electron chi connectivity index (χ4n) is 5.23. The van der Waals surface area contributed by atoms with Gasteiger partial charge in [-0.3, -0.25) is 19.4 Å². The van der Waals surface area contributed by atoms with Crippen LogP contribution in [-0.2, 0) is 11.8 Å². The first-order valence-electron chi connectivity index (χ1n) is 11.3. The summed E-state index contributed by atoms with van der Waals surface area (Å²) in [6, 6.07) is 11.3. The normalized spacial score (nSPS) is 22.1. The van der Waals surface area contributed by atoms with Crippen LogP contribution in [0, 0.1) is 11.3 Å². The molecule has 2 saturated heterocycles. The van der Waals surface area contributed by atoms with E-state index in [9.17, 15) is 4.79 Å². The minimum atomic E-state index is 0.324. The third kappa shape index (κ3) is 4.32. The van der Waals surface area contributed by atoms with Gasteiger partial charge in [0, 0.05) is 61.9 Å². The molecule has 170 valence electrons. The minimum Gasteiger partial charge on any atom is -0.367 e. The lowest BCUT2D eigenvalue weighted by Gasteiger charge is -2.39. The number of piperidine rings is 1. The Kier molecular flexibility index (Phi) is 5.79. The summed E-state index contributed by atoms with van der Waals surface area (Å²) in [5.74, 6) is 2.61. The van der Waals surface area contributed by atoms with Crippen LogP contribution in [0.5, 0.6) is 0 Å². The number of rotatable bonds is 8. The number of aryl methyl sites for hydroxylation is 1. The molecular weight excluding hydrogens is 418 g/mol. The van der Waals surface area contributed by atoms with Gasteiger partial charge in [0.05, 0.1) is 11.6 Å². The number of hydrogen-bond donors (Lipinski definition) is 3. The molecule has 10 nitrogen and oxygen atoms in total. The van der Waals surface area contributed by atoms with Crippen LogP contribution in [0.15, 0.2) is 30.5 Å². The Bertz CT molecular complexity index is 1190. The molecule has 2 aliphatic heterocycles. The molecule has 0 radical (unpaired) electrons. The predicted octanol–water partition coefficient (Wildman–Crippen LogP) is 3.00. The molecule has 3 N–H and O–H groups in total. The first kappa shape index (κ1) is 21.2. The maximum absolute atomic E-state index is 10.8. The summed E-state index contributed by atoms with van der Waals surface area (Å²) in [7, 11) is 1.76. The number of nitriles is 1. The number of carbonyl (C=O) groups is 1. The van der Waals surface area contributed by atoms with Crippen molar-refractivity contribution in [2.75, 3.05) is 22.5 Å². The van der Waals surface area contributed by atoms with E-state index in [2.05, 4.69) is 37.0 Å². The summed E-state index contributed by atoms with van der Waals surface area (Å²) < 4.78 is 1.59. The van der Waals surface area contributed by atoms with Crippen LogP contribution < -0.4 is 16.0 Å². The SMILES string of the molecule is Cn1nc(Nc2cc3ncccc3c(NC3CC4CCC(C3)N4CCC#N)n2)cc1NC=O. The van der Waals surface area contributed by atoms with Crippen molar-refractivity contribution in [2.24, 2.45) is 7.05 Å². The maximum Gasteiger partial charge on any atom is 0.212 e. The summed E-state index contributed by atoms with van der Waals surface area (Å²) in [5.41, 5.74) is 0.842. The zero-order chi connectivity index (χ0) is 22.8. The zero-order valence-electron chi connectivity index (χ0n) is 18.5. The number of nitrogens with one attached hydrogen (secondary N) is 3. The minimum absolute atomic E-state index is 0.324. The van der Waals surface area contributed by atoms with E-state index in [0.717, 1.165) is 36.1 Å².